The van der Waals surface area contributed by atoms with E-state index in [-0.39, 0.29) is 31.3 Å². The Kier molecular flexibility index (Phi) is 7.66. The zero-order valence-electron chi connectivity index (χ0n) is 18.0. The molecule has 4 aromatic rings. The van der Waals surface area contributed by atoms with Crippen LogP contribution in [-0.2, 0) is 40.3 Å². The van der Waals surface area contributed by atoms with Crippen LogP contribution in [0.4, 0.5) is 0 Å². The molecule has 0 bridgehead atoms. The Labute approximate surface area is 196 Å². The number of carbonyl (C=O) groups is 2. The summed E-state index contributed by atoms with van der Waals surface area (Å²) in [5, 5.41) is 5.39. The number of aryl methyl sites for hydroxylation is 1. The first-order valence-electron chi connectivity index (χ1n) is 10.7. The first-order chi connectivity index (χ1) is 16.2. The molecule has 0 saturated carbocycles. The number of carbonyl (C=O) groups excluding carboxylic acids is 2. The minimum absolute atomic E-state index is 0.0917. The van der Waals surface area contributed by atoms with Gasteiger partial charge in [0, 0.05) is 23.9 Å². The number of nitrogens with zero attached hydrogens (tertiary/aromatic N) is 1. The van der Waals surface area contributed by atoms with Crippen molar-refractivity contribution in [2.24, 2.45) is 0 Å². The Morgan fingerprint density at radius 1 is 0.970 bits per heavy atom. The summed E-state index contributed by atoms with van der Waals surface area (Å²) < 4.78 is 11.1. The van der Waals surface area contributed by atoms with Gasteiger partial charge in [-0.15, -0.1) is 11.3 Å². The van der Waals surface area contributed by atoms with Crippen molar-refractivity contribution in [1.29, 1.82) is 0 Å². The largest absolute Gasteiger partial charge is 0.461 e. The summed E-state index contributed by atoms with van der Waals surface area (Å²) in [6, 6.07) is 23.3. The number of hydrogen-bond donors (Lipinski definition) is 1. The highest BCUT2D eigenvalue weighted by molar-refractivity contribution is 7.09. The number of ether oxygens (including phenoxy) is 1. The maximum atomic E-state index is 12.1. The molecular formula is C26H24N2O4S. The van der Waals surface area contributed by atoms with E-state index in [1.807, 2.05) is 78.2 Å². The van der Waals surface area contributed by atoms with Crippen molar-refractivity contribution in [3.63, 3.8) is 0 Å². The second kappa shape index (κ2) is 11.2. The Bertz CT molecular complexity index is 1190. The number of benzene rings is 2. The fraction of sp³-hybridized carbons (Fsp3) is 0.192. The maximum absolute atomic E-state index is 12.1. The quantitative estimate of drug-likeness (QED) is 0.339. The lowest BCUT2D eigenvalue weighted by Gasteiger charge is -2.04. The van der Waals surface area contributed by atoms with Gasteiger partial charge in [0.25, 0.3) is 0 Å². The Hall–Kier alpha value is -3.71. The van der Waals surface area contributed by atoms with Gasteiger partial charge in [-0.25, -0.2) is 4.98 Å². The number of thiazole rings is 1. The van der Waals surface area contributed by atoms with Gasteiger partial charge in [-0.3, -0.25) is 9.59 Å². The Morgan fingerprint density at radius 2 is 1.73 bits per heavy atom. The zero-order valence-corrected chi connectivity index (χ0v) is 18.8. The van der Waals surface area contributed by atoms with E-state index in [1.165, 1.54) is 11.3 Å². The van der Waals surface area contributed by atoms with Crippen LogP contribution < -0.4 is 5.32 Å². The van der Waals surface area contributed by atoms with Crippen molar-refractivity contribution in [3.05, 3.63) is 100 Å². The predicted molar refractivity (Wildman–Crippen MR) is 126 cm³/mol. The molecule has 168 valence electrons. The first-order valence-corrected chi connectivity index (χ1v) is 11.6. The van der Waals surface area contributed by atoms with Gasteiger partial charge in [0.2, 0.25) is 5.91 Å². The number of hydrogen-bond acceptors (Lipinski definition) is 6. The van der Waals surface area contributed by atoms with Crippen LogP contribution >= 0.6 is 11.3 Å². The van der Waals surface area contributed by atoms with E-state index < -0.39 is 0 Å². The van der Waals surface area contributed by atoms with Crippen molar-refractivity contribution >= 4 is 23.2 Å². The highest BCUT2D eigenvalue weighted by Gasteiger charge is 2.11. The van der Waals surface area contributed by atoms with Gasteiger partial charge in [0.15, 0.2) is 0 Å². The molecule has 6 nitrogen and oxygen atoms in total. The third-order valence-electron chi connectivity index (χ3n) is 4.92. The summed E-state index contributed by atoms with van der Waals surface area (Å²) in [6.45, 7) is 0.576. The fourth-order valence-corrected chi connectivity index (χ4v) is 3.99. The second-order valence-electron chi connectivity index (χ2n) is 7.46. The fourth-order valence-electron chi connectivity index (χ4n) is 3.21. The van der Waals surface area contributed by atoms with Gasteiger partial charge in [-0.1, -0.05) is 60.7 Å². The molecule has 0 spiro atoms. The molecule has 1 N–H and O–H groups in total. The average molecular weight is 461 g/mol. The molecule has 0 saturated heterocycles. The molecule has 33 heavy (non-hydrogen) atoms. The molecule has 7 heteroatoms. The minimum atomic E-state index is -0.317. The second-order valence-corrected chi connectivity index (χ2v) is 8.41. The summed E-state index contributed by atoms with van der Waals surface area (Å²) in [7, 11) is 0. The van der Waals surface area contributed by atoms with E-state index in [1.54, 1.807) is 0 Å². The van der Waals surface area contributed by atoms with Crippen LogP contribution in [0.3, 0.4) is 0 Å². The van der Waals surface area contributed by atoms with Crippen molar-refractivity contribution in [2.75, 3.05) is 0 Å². The Morgan fingerprint density at radius 3 is 2.52 bits per heavy atom. The number of aromatic nitrogens is 1. The average Bonchev–Trinajstić information content (AvgIpc) is 3.51. The van der Waals surface area contributed by atoms with Gasteiger partial charge < -0.3 is 14.5 Å². The topological polar surface area (TPSA) is 81.4 Å². The van der Waals surface area contributed by atoms with E-state index in [0.29, 0.717) is 23.7 Å². The summed E-state index contributed by atoms with van der Waals surface area (Å²) in [5.74, 6) is 1.11. The predicted octanol–water partition coefficient (Wildman–Crippen LogP) is 4.94. The third-order valence-corrected chi connectivity index (χ3v) is 5.82. The molecule has 0 fully saturated rings. The van der Waals surface area contributed by atoms with Crippen LogP contribution in [0.1, 0.15) is 28.4 Å². The number of rotatable bonds is 10. The van der Waals surface area contributed by atoms with Crippen molar-refractivity contribution in [1.82, 2.24) is 10.3 Å². The number of amides is 1. The van der Waals surface area contributed by atoms with E-state index in [0.717, 1.165) is 22.6 Å². The summed E-state index contributed by atoms with van der Waals surface area (Å²) in [6.07, 6.45) is 0.893. The van der Waals surface area contributed by atoms with Crippen molar-refractivity contribution in [3.8, 4) is 11.3 Å². The lowest BCUT2D eigenvalue weighted by atomic mass is 10.2. The molecule has 0 aliphatic carbocycles. The SMILES string of the molecule is O=C(Cc1nc(COC(=O)CCc2ccc(-c3ccccc3)o2)cs1)NCc1ccccc1. The molecule has 0 unspecified atom stereocenters. The zero-order chi connectivity index (χ0) is 22.9. The van der Waals surface area contributed by atoms with Crippen LogP contribution in [0.25, 0.3) is 11.3 Å². The summed E-state index contributed by atoms with van der Waals surface area (Å²) in [5.41, 5.74) is 2.69. The molecule has 4 rings (SSSR count). The minimum Gasteiger partial charge on any atom is -0.461 e. The first kappa shape index (κ1) is 22.5. The smallest absolute Gasteiger partial charge is 0.306 e. The van der Waals surface area contributed by atoms with Gasteiger partial charge in [-0.2, -0.15) is 0 Å². The highest BCUT2D eigenvalue weighted by Crippen LogP contribution is 2.22. The van der Waals surface area contributed by atoms with E-state index >= 15 is 0 Å². The van der Waals surface area contributed by atoms with Crippen molar-refractivity contribution in [2.45, 2.75) is 32.4 Å². The number of furan rings is 1. The third kappa shape index (κ3) is 6.89. The van der Waals surface area contributed by atoms with Gasteiger partial charge in [-0.05, 0) is 17.7 Å². The number of esters is 1. The molecule has 0 radical (unpaired) electrons. The number of nitrogens with one attached hydrogen (secondary N) is 1. The molecular weight excluding hydrogens is 436 g/mol. The van der Waals surface area contributed by atoms with Crippen molar-refractivity contribution < 1.29 is 18.7 Å². The van der Waals surface area contributed by atoms with E-state index in [9.17, 15) is 9.59 Å². The van der Waals surface area contributed by atoms with Gasteiger partial charge in [0.1, 0.15) is 23.1 Å². The standard InChI is InChI=1S/C26H24N2O4S/c29-24(27-16-19-7-3-1-4-8-19)15-25-28-21(18-33-25)17-31-26(30)14-12-22-11-13-23(32-22)20-9-5-2-6-10-20/h1-11,13,18H,12,14-17H2,(H,27,29). The molecule has 2 heterocycles. The normalized spacial score (nSPS) is 10.7. The molecule has 1 amide bonds. The van der Waals surface area contributed by atoms with Crippen LogP contribution in [0, 0.1) is 0 Å². The van der Waals surface area contributed by atoms with E-state index in [4.69, 9.17) is 9.15 Å². The lowest BCUT2D eigenvalue weighted by molar-refractivity contribution is -0.145. The Balaban J connectivity index is 1.17. The van der Waals surface area contributed by atoms with E-state index in [2.05, 4.69) is 10.3 Å². The van der Waals surface area contributed by atoms with Gasteiger partial charge in [0.05, 0.1) is 18.5 Å². The summed E-state index contributed by atoms with van der Waals surface area (Å²) >= 11 is 1.38. The van der Waals surface area contributed by atoms with Crippen LogP contribution in [-0.4, -0.2) is 16.9 Å². The highest BCUT2D eigenvalue weighted by atomic mass is 32.1. The maximum Gasteiger partial charge on any atom is 0.306 e. The molecule has 0 aliphatic rings. The van der Waals surface area contributed by atoms with Crippen LogP contribution in [0.5, 0.6) is 0 Å². The monoisotopic (exact) mass is 460 g/mol. The molecule has 0 aliphatic heterocycles. The lowest BCUT2D eigenvalue weighted by Crippen LogP contribution is -2.24. The molecule has 0 atom stereocenters. The van der Waals surface area contributed by atoms with Crippen LogP contribution in [0.2, 0.25) is 0 Å². The molecule has 2 aromatic carbocycles. The van der Waals surface area contributed by atoms with Gasteiger partial charge >= 0.3 is 5.97 Å². The van der Waals surface area contributed by atoms with Crippen LogP contribution in [0.15, 0.2) is 82.6 Å². The summed E-state index contributed by atoms with van der Waals surface area (Å²) in [4.78, 5) is 28.6. The molecule has 2 aromatic heterocycles.